The molecule has 0 aliphatic carbocycles. The SMILES string of the molecule is Cc1ccc(-n2c(CCCl)nc3ccc(Br)cc32)cc1Cl. The Labute approximate surface area is 141 Å². The summed E-state index contributed by atoms with van der Waals surface area (Å²) in [4.78, 5) is 4.69. The van der Waals surface area contributed by atoms with E-state index in [1.807, 2.05) is 31.2 Å². The number of imidazole rings is 1. The Kier molecular flexibility index (Phi) is 4.25. The molecule has 0 atom stereocenters. The second-order valence-corrected chi connectivity index (χ2v) is 6.57. The monoisotopic (exact) mass is 382 g/mol. The van der Waals surface area contributed by atoms with E-state index >= 15 is 0 Å². The van der Waals surface area contributed by atoms with Crippen molar-refractivity contribution in [3.05, 3.63) is 57.3 Å². The second-order valence-electron chi connectivity index (χ2n) is 4.87. The molecule has 1 aromatic heterocycles. The summed E-state index contributed by atoms with van der Waals surface area (Å²) in [5.74, 6) is 1.47. The molecule has 5 heteroatoms. The Morgan fingerprint density at radius 2 is 2.00 bits per heavy atom. The minimum Gasteiger partial charge on any atom is -0.296 e. The average Bonchev–Trinajstić information content (AvgIpc) is 2.80. The molecule has 0 aliphatic heterocycles. The number of rotatable bonds is 3. The van der Waals surface area contributed by atoms with E-state index in [0.717, 1.165) is 37.6 Å². The quantitative estimate of drug-likeness (QED) is 0.543. The van der Waals surface area contributed by atoms with Gasteiger partial charge in [0.1, 0.15) is 5.82 Å². The molecule has 0 saturated carbocycles. The van der Waals surface area contributed by atoms with Crippen LogP contribution in [-0.4, -0.2) is 15.4 Å². The van der Waals surface area contributed by atoms with Gasteiger partial charge in [0.2, 0.25) is 0 Å². The number of aromatic nitrogens is 2. The third-order valence-corrected chi connectivity index (χ3v) is 4.51. The highest BCUT2D eigenvalue weighted by Gasteiger charge is 2.13. The summed E-state index contributed by atoms with van der Waals surface area (Å²) in [7, 11) is 0. The molecular weight excluding hydrogens is 371 g/mol. The van der Waals surface area contributed by atoms with E-state index in [2.05, 4.69) is 37.6 Å². The molecule has 2 nitrogen and oxygen atoms in total. The van der Waals surface area contributed by atoms with Crippen LogP contribution in [-0.2, 0) is 6.42 Å². The smallest absolute Gasteiger partial charge is 0.115 e. The number of hydrogen-bond acceptors (Lipinski definition) is 1. The third kappa shape index (κ3) is 2.83. The number of halogens is 3. The molecule has 3 aromatic rings. The molecule has 0 fully saturated rings. The summed E-state index contributed by atoms with van der Waals surface area (Å²) >= 11 is 15.7. The van der Waals surface area contributed by atoms with Gasteiger partial charge in [0.25, 0.3) is 0 Å². The van der Waals surface area contributed by atoms with Crippen molar-refractivity contribution in [2.24, 2.45) is 0 Å². The largest absolute Gasteiger partial charge is 0.296 e. The zero-order valence-electron chi connectivity index (χ0n) is 11.4. The number of fused-ring (bicyclic) bond motifs is 1. The summed E-state index contributed by atoms with van der Waals surface area (Å²) in [6.45, 7) is 1.99. The van der Waals surface area contributed by atoms with Crippen LogP contribution in [0.25, 0.3) is 16.7 Å². The van der Waals surface area contributed by atoms with Gasteiger partial charge in [0, 0.05) is 27.5 Å². The van der Waals surface area contributed by atoms with Gasteiger partial charge in [-0.25, -0.2) is 4.98 Å². The van der Waals surface area contributed by atoms with Crippen LogP contribution in [0.3, 0.4) is 0 Å². The van der Waals surface area contributed by atoms with Crippen LogP contribution in [0.4, 0.5) is 0 Å². The van der Waals surface area contributed by atoms with Gasteiger partial charge in [-0.1, -0.05) is 33.6 Å². The number of aryl methyl sites for hydroxylation is 2. The number of benzene rings is 2. The fourth-order valence-corrected chi connectivity index (χ4v) is 3.05. The van der Waals surface area contributed by atoms with Gasteiger partial charge < -0.3 is 0 Å². The maximum absolute atomic E-state index is 6.27. The fourth-order valence-electron chi connectivity index (χ4n) is 2.36. The molecule has 21 heavy (non-hydrogen) atoms. The predicted molar refractivity (Wildman–Crippen MR) is 92.9 cm³/mol. The maximum Gasteiger partial charge on any atom is 0.115 e. The molecule has 0 saturated heterocycles. The van der Waals surface area contributed by atoms with Crippen LogP contribution in [0.1, 0.15) is 11.4 Å². The van der Waals surface area contributed by atoms with E-state index in [1.165, 1.54) is 0 Å². The standard InChI is InChI=1S/C16H13BrCl2N2/c1-10-2-4-12(9-13(10)19)21-15-8-11(17)3-5-14(15)20-16(21)6-7-18/h2-5,8-9H,6-7H2,1H3. The molecule has 0 N–H and O–H groups in total. The highest BCUT2D eigenvalue weighted by Crippen LogP contribution is 2.27. The lowest BCUT2D eigenvalue weighted by Gasteiger charge is -2.10. The number of alkyl halides is 1. The normalized spacial score (nSPS) is 11.2. The zero-order valence-corrected chi connectivity index (χ0v) is 14.5. The van der Waals surface area contributed by atoms with Crippen molar-refractivity contribution in [2.45, 2.75) is 13.3 Å². The molecule has 0 radical (unpaired) electrons. The van der Waals surface area contributed by atoms with Crippen molar-refractivity contribution in [3.8, 4) is 5.69 Å². The van der Waals surface area contributed by atoms with Gasteiger partial charge in [-0.2, -0.15) is 0 Å². The van der Waals surface area contributed by atoms with Crippen LogP contribution in [0.2, 0.25) is 5.02 Å². The predicted octanol–water partition coefficient (Wildman–Crippen LogP) is 5.53. The topological polar surface area (TPSA) is 17.8 Å². The summed E-state index contributed by atoms with van der Waals surface area (Å²) in [6, 6.07) is 12.1. The van der Waals surface area contributed by atoms with Gasteiger partial charge in [-0.05, 0) is 42.8 Å². The van der Waals surface area contributed by atoms with Crippen LogP contribution >= 0.6 is 39.1 Å². The van der Waals surface area contributed by atoms with Crippen LogP contribution in [0.15, 0.2) is 40.9 Å². The molecule has 0 aliphatic rings. The van der Waals surface area contributed by atoms with Crippen LogP contribution < -0.4 is 0 Å². The molecule has 0 unspecified atom stereocenters. The first-order valence-electron chi connectivity index (χ1n) is 6.59. The summed E-state index contributed by atoms with van der Waals surface area (Å²) in [5, 5.41) is 0.751. The van der Waals surface area contributed by atoms with Gasteiger partial charge in [-0.15, -0.1) is 11.6 Å². The van der Waals surface area contributed by atoms with E-state index in [1.54, 1.807) is 0 Å². The van der Waals surface area contributed by atoms with Crippen molar-refractivity contribution >= 4 is 50.2 Å². The van der Waals surface area contributed by atoms with Crippen molar-refractivity contribution in [2.75, 3.05) is 5.88 Å². The Morgan fingerprint density at radius 1 is 1.19 bits per heavy atom. The molecule has 0 bridgehead atoms. The summed E-state index contributed by atoms with van der Waals surface area (Å²) in [6.07, 6.45) is 0.708. The Morgan fingerprint density at radius 3 is 2.71 bits per heavy atom. The van der Waals surface area contributed by atoms with Gasteiger partial charge >= 0.3 is 0 Å². The minimum absolute atomic E-state index is 0.532. The van der Waals surface area contributed by atoms with Gasteiger partial charge in [-0.3, -0.25) is 4.57 Å². The Bertz CT molecular complexity index is 811. The molecule has 1 heterocycles. The minimum atomic E-state index is 0.532. The maximum atomic E-state index is 6.27. The van der Waals surface area contributed by atoms with E-state index < -0.39 is 0 Å². The molecule has 3 rings (SSSR count). The third-order valence-electron chi connectivity index (χ3n) is 3.42. The van der Waals surface area contributed by atoms with Crippen molar-refractivity contribution in [3.63, 3.8) is 0 Å². The van der Waals surface area contributed by atoms with Gasteiger partial charge in [0.05, 0.1) is 11.0 Å². The van der Waals surface area contributed by atoms with E-state index in [-0.39, 0.29) is 0 Å². The Hall–Kier alpha value is -1.03. The molecule has 108 valence electrons. The highest BCUT2D eigenvalue weighted by atomic mass is 79.9. The molecule has 0 spiro atoms. The molecular formula is C16H13BrCl2N2. The van der Waals surface area contributed by atoms with Crippen molar-refractivity contribution in [1.82, 2.24) is 9.55 Å². The first-order chi connectivity index (χ1) is 10.1. The van der Waals surface area contributed by atoms with E-state index in [4.69, 9.17) is 23.2 Å². The lowest BCUT2D eigenvalue weighted by Crippen LogP contribution is -2.02. The van der Waals surface area contributed by atoms with E-state index in [9.17, 15) is 0 Å². The second kappa shape index (κ2) is 5.99. The first-order valence-corrected chi connectivity index (χ1v) is 8.30. The highest BCUT2D eigenvalue weighted by molar-refractivity contribution is 9.10. The van der Waals surface area contributed by atoms with Crippen LogP contribution in [0, 0.1) is 6.92 Å². The fraction of sp³-hybridized carbons (Fsp3) is 0.188. The van der Waals surface area contributed by atoms with Gasteiger partial charge in [0.15, 0.2) is 0 Å². The first kappa shape index (κ1) is 14.9. The zero-order chi connectivity index (χ0) is 15.0. The lowest BCUT2D eigenvalue weighted by atomic mass is 10.2. The van der Waals surface area contributed by atoms with Crippen molar-refractivity contribution in [1.29, 1.82) is 0 Å². The molecule has 2 aromatic carbocycles. The summed E-state index contributed by atoms with van der Waals surface area (Å²) < 4.78 is 3.14. The summed E-state index contributed by atoms with van der Waals surface area (Å²) in [5.41, 5.74) is 4.07. The van der Waals surface area contributed by atoms with E-state index in [0.29, 0.717) is 12.3 Å². The average molecular weight is 384 g/mol. The lowest BCUT2D eigenvalue weighted by molar-refractivity contribution is 0.912. The number of hydrogen-bond donors (Lipinski definition) is 0. The number of nitrogens with zero attached hydrogens (tertiary/aromatic N) is 2. The molecule has 0 amide bonds. The van der Waals surface area contributed by atoms with Crippen molar-refractivity contribution < 1.29 is 0 Å². The van der Waals surface area contributed by atoms with Crippen LogP contribution in [0.5, 0.6) is 0 Å². The Balaban J connectivity index is 2.29.